The van der Waals surface area contributed by atoms with Crippen LogP contribution in [0.5, 0.6) is 0 Å². The van der Waals surface area contributed by atoms with Crippen LogP contribution in [0.15, 0.2) is 72.8 Å². The molecule has 0 atom stereocenters. The molecule has 0 aliphatic heterocycles. The van der Waals surface area contributed by atoms with Crippen molar-refractivity contribution < 1.29 is 0 Å². The second kappa shape index (κ2) is 9.75. The highest BCUT2D eigenvalue weighted by molar-refractivity contribution is 6.30. The minimum atomic E-state index is 0.771. The summed E-state index contributed by atoms with van der Waals surface area (Å²) in [5.41, 5.74) is 5.03. The summed E-state index contributed by atoms with van der Waals surface area (Å²) in [7, 11) is 0. The number of rotatable bonds is 8. The SMILES string of the molecule is Clc1ccc(CNCc2cccc(CNCc3ccc(Cl)cc3)c2)cc1. The van der Waals surface area contributed by atoms with E-state index in [9.17, 15) is 0 Å². The molecule has 0 heterocycles. The van der Waals surface area contributed by atoms with Crippen LogP contribution in [0.1, 0.15) is 22.3 Å². The quantitative estimate of drug-likeness (QED) is 0.530. The molecular weight excluding hydrogens is 363 g/mol. The van der Waals surface area contributed by atoms with E-state index in [0.717, 1.165) is 36.2 Å². The molecule has 3 aromatic carbocycles. The van der Waals surface area contributed by atoms with Crippen LogP contribution in [0.2, 0.25) is 10.0 Å². The molecule has 134 valence electrons. The van der Waals surface area contributed by atoms with Crippen LogP contribution in [-0.2, 0) is 26.2 Å². The molecule has 0 aromatic heterocycles. The molecule has 3 aromatic rings. The molecule has 0 aliphatic rings. The first kappa shape index (κ1) is 18.9. The van der Waals surface area contributed by atoms with Gasteiger partial charge in [0, 0.05) is 36.2 Å². The van der Waals surface area contributed by atoms with Gasteiger partial charge in [-0.25, -0.2) is 0 Å². The fourth-order valence-corrected chi connectivity index (χ4v) is 3.01. The van der Waals surface area contributed by atoms with Gasteiger partial charge < -0.3 is 10.6 Å². The summed E-state index contributed by atoms with van der Waals surface area (Å²) in [4.78, 5) is 0. The van der Waals surface area contributed by atoms with E-state index in [-0.39, 0.29) is 0 Å². The van der Waals surface area contributed by atoms with Crippen LogP contribution >= 0.6 is 23.2 Å². The van der Waals surface area contributed by atoms with Crippen LogP contribution in [0.4, 0.5) is 0 Å². The summed E-state index contributed by atoms with van der Waals surface area (Å²) in [6.07, 6.45) is 0. The lowest BCUT2D eigenvalue weighted by atomic mass is 10.1. The van der Waals surface area contributed by atoms with Crippen molar-refractivity contribution in [2.45, 2.75) is 26.2 Å². The van der Waals surface area contributed by atoms with Crippen molar-refractivity contribution in [1.29, 1.82) is 0 Å². The van der Waals surface area contributed by atoms with Gasteiger partial charge in [-0.15, -0.1) is 0 Å². The van der Waals surface area contributed by atoms with Gasteiger partial charge in [0.1, 0.15) is 0 Å². The Kier molecular flexibility index (Phi) is 7.10. The maximum atomic E-state index is 5.91. The molecule has 2 nitrogen and oxygen atoms in total. The third-order valence-corrected chi connectivity index (χ3v) is 4.64. The highest BCUT2D eigenvalue weighted by Crippen LogP contribution is 2.11. The fraction of sp³-hybridized carbons (Fsp3) is 0.182. The van der Waals surface area contributed by atoms with Crippen molar-refractivity contribution in [3.63, 3.8) is 0 Å². The Morgan fingerprint density at radius 1 is 0.500 bits per heavy atom. The van der Waals surface area contributed by atoms with E-state index < -0.39 is 0 Å². The van der Waals surface area contributed by atoms with Gasteiger partial charge in [-0.3, -0.25) is 0 Å². The minimum absolute atomic E-state index is 0.771. The summed E-state index contributed by atoms with van der Waals surface area (Å²) < 4.78 is 0. The molecule has 0 amide bonds. The third-order valence-electron chi connectivity index (χ3n) is 4.13. The predicted molar refractivity (Wildman–Crippen MR) is 110 cm³/mol. The molecule has 4 heteroatoms. The standard InChI is InChI=1S/C22H22Cl2N2/c23-21-8-4-17(5-9-21)13-25-15-19-2-1-3-20(12-19)16-26-14-18-6-10-22(24)11-7-18/h1-12,25-26H,13-16H2. The Morgan fingerprint density at radius 3 is 1.31 bits per heavy atom. The summed E-state index contributed by atoms with van der Waals surface area (Å²) in [6, 6.07) is 24.5. The first-order chi connectivity index (χ1) is 12.7. The summed E-state index contributed by atoms with van der Waals surface area (Å²) in [5.74, 6) is 0. The summed E-state index contributed by atoms with van der Waals surface area (Å²) in [5, 5.41) is 8.49. The highest BCUT2D eigenvalue weighted by atomic mass is 35.5. The van der Waals surface area contributed by atoms with Gasteiger partial charge in [0.2, 0.25) is 0 Å². The van der Waals surface area contributed by atoms with E-state index in [4.69, 9.17) is 23.2 Å². The summed E-state index contributed by atoms with van der Waals surface area (Å²) in [6.45, 7) is 3.34. The second-order valence-corrected chi connectivity index (χ2v) is 7.15. The largest absolute Gasteiger partial charge is 0.309 e. The van der Waals surface area contributed by atoms with E-state index in [1.54, 1.807) is 0 Å². The van der Waals surface area contributed by atoms with Crippen molar-refractivity contribution >= 4 is 23.2 Å². The van der Waals surface area contributed by atoms with E-state index in [1.807, 2.05) is 48.5 Å². The van der Waals surface area contributed by atoms with Crippen molar-refractivity contribution in [3.8, 4) is 0 Å². The van der Waals surface area contributed by atoms with Gasteiger partial charge in [0.05, 0.1) is 0 Å². The Hall–Kier alpha value is -1.84. The molecule has 26 heavy (non-hydrogen) atoms. The first-order valence-corrected chi connectivity index (χ1v) is 9.43. The topological polar surface area (TPSA) is 24.1 Å². The first-order valence-electron chi connectivity index (χ1n) is 8.67. The molecular formula is C22H22Cl2N2. The Bertz CT molecular complexity index is 748. The molecule has 3 rings (SSSR count). The second-order valence-electron chi connectivity index (χ2n) is 6.28. The lowest BCUT2D eigenvalue weighted by Crippen LogP contribution is -2.14. The molecule has 0 saturated heterocycles. The molecule has 0 spiro atoms. The van der Waals surface area contributed by atoms with E-state index in [0.29, 0.717) is 0 Å². The maximum absolute atomic E-state index is 5.91. The molecule has 0 saturated carbocycles. The molecule has 0 fully saturated rings. The smallest absolute Gasteiger partial charge is 0.0406 e. The van der Waals surface area contributed by atoms with Crippen molar-refractivity contribution in [2.24, 2.45) is 0 Å². The van der Waals surface area contributed by atoms with Crippen LogP contribution in [-0.4, -0.2) is 0 Å². The van der Waals surface area contributed by atoms with E-state index in [2.05, 4.69) is 34.9 Å². The molecule has 0 radical (unpaired) electrons. The van der Waals surface area contributed by atoms with Crippen molar-refractivity contribution in [3.05, 3.63) is 105 Å². The molecule has 2 N–H and O–H groups in total. The number of nitrogens with one attached hydrogen (secondary N) is 2. The zero-order valence-corrected chi connectivity index (χ0v) is 16.0. The zero-order chi connectivity index (χ0) is 18.2. The van der Waals surface area contributed by atoms with E-state index in [1.165, 1.54) is 22.3 Å². The van der Waals surface area contributed by atoms with Gasteiger partial charge in [0.15, 0.2) is 0 Å². The van der Waals surface area contributed by atoms with Crippen molar-refractivity contribution in [1.82, 2.24) is 10.6 Å². The molecule has 0 aliphatic carbocycles. The average molecular weight is 385 g/mol. The Labute approximate surface area is 165 Å². The molecule has 0 bridgehead atoms. The lowest BCUT2D eigenvalue weighted by molar-refractivity contribution is 0.681. The van der Waals surface area contributed by atoms with Crippen LogP contribution in [0.3, 0.4) is 0 Å². The average Bonchev–Trinajstić information content (AvgIpc) is 2.65. The van der Waals surface area contributed by atoms with Gasteiger partial charge in [-0.2, -0.15) is 0 Å². The lowest BCUT2D eigenvalue weighted by Gasteiger charge is -2.09. The van der Waals surface area contributed by atoms with Gasteiger partial charge in [-0.1, -0.05) is 71.7 Å². The zero-order valence-electron chi connectivity index (χ0n) is 14.5. The monoisotopic (exact) mass is 384 g/mol. The predicted octanol–water partition coefficient (Wildman–Crippen LogP) is 5.57. The number of hydrogen-bond donors (Lipinski definition) is 2. The number of benzene rings is 3. The summed E-state index contributed by atoms with van der Waals surface area (Å²) >= 11 is 11.8. The number of hydrogen-bond acceptors (Lipinski definition) is 2. The normalized spacial score (nSPS) is 10.8. The van der Waals surface area contributed by atoms with Gasteiger partial charge in [-0.05, 0) is 46.5 Å². The Balaban J connectivity index is 1.45. The van der Waals surface area contributed by atoms with E-state index >= 15 is 0 Å². The minimum Gasteiger partial charge on any atom is -0.309 e. The molecule has 0 unspecified atom stereocenters. The third kappa shape index (κ3) is 6.15. The maximum Gasteiger partial charge on any atom is 0.0406 e. The van der Waals surface area contributed by atoms with Crippen LogP contribution in [0.25, 0.3) is 0 Å². The Morgan fingerprint density at radius 2 is 0.885 bits per heavy atom. The number of halogens is 2. The van der Waals surface area contributed by atoms with Gasteiger partial charge >= 0.3 is 0 Å². The van der Waals surface area contributed by atoms with Crippen molar-refractivity contribution in [2.75, 3.05) is 0 Å². The highest BCUT2D eigenvalue weighted by Gasteiger charge is 1.99. The van der Waals surface area contributed by atoms with Crippen LogP contribution in [0, 0.1) is 0 Å². The fourth-order valence-electron chi connectivity index (χ4n) is 2.76. The van der Waals surface area contributed by atoms with Gasteiger partial charge in [0.25, 0.3) is 0 Å². The van der Waals surface area contributed by atoms with Crippen LogP contribution < -0.4 is 10.6 Å².